The Balaban J connectivity index is 1.42. The van der Waals surface area contributed by atoms with Crippen LogP contribution in [0.25, 0.3) is 0 Å². The first kappa shape index (κ1) is 23.1. The maximum absolute atomic E-state index is 13.0. The Morgan fingerprint density at radius 1 is 1.06 bits per heavy atom. The second kappa shape index (κ2) is 11.1. The molecule has 2 aromatic carbocycles. The lowest BCUT2D eigenvalue weighted by Crippen LogP contribution is -2.45. The summed E-state index contributed by atoms with van der Waals surface area (Å²) in [5.74, 6) is -1.27. The van der Waals surface area contributed by atoms with Crippen LogP contribution < -0.4 is 14.8 Å². The van der Waals surface area contributed by atoms with Crippen LogP contribution in [0.1, 0.15) is 19.3 Å². The van der Waals surface area contributed by atoms with Gasteiger partial charge < -0.3 is 24.8 Å². The van der Waals surface area contributed by atoms with Gasteiger partial charge in [-0.05, 0) is 42.8 Å². The van der Waals surface area contributed by atoms with Crippen LogP contribution in [0.3, 0.4) is 0 Å². The van der Waals surface area contributed by atoms with Gasteiger partial charge in [0.25, 0.3) is 0 Å². The van der Waals surface area contributed by atoms with E-state index < -0.39 is 29.8 Å². The van der Waals surface area contributed by atoms with Gasteiger partial charge in [0.15, 0.2) is 0 Å². The number of aliphatic carboxylic acids is 1. The Hall–Kier alpha value is -3.62. The minimum Gasteiger partial charge on any atom is -0.494 e. The van der Waals surface area contributed by atoms with Crippen LogP contribution in [0.15, 0.2) is 54.6 Å². The number of amides is 2. The van der Waals surface area contributed by atoms with Crippen LogP contribution >= 0.6 is 0 Å². The molecule has 0 bridgehead atoms. The van der Waals surface area contributed by atoms with Gasteiger partial charge in [-0.3, -0.25) is 9.59 Å². The fraction of sp³-hybridized carbons (Fsp3) is 0.348. The maximum atomic E-state index is 13.0. The Morgan fingerprint density at radius 2 is 1.78 bits per heavy atom. The monoisotopic (exact) mass is 444 g/mol. The fourth-order valence-electron chi connectivity index (χ4n) is 3.40. The molecule has 1 aliphatic rings. The lowest BCUT2D eigenvalue weighted by Gasteiger charge is -2.21. The van der Waals surface area contributed by atoms with Crippen LogP contribution in [0.4, 0.5) is 4.39 Å². The summed E-state index contributed by atoms with van der Waals surface area (Å²) in [7, 11) is 0. The predicted molar refractivity (Wildman–Crippen MR) is 113 cm³/mol. The van der Waals surface area contributed by atoms with Crippen molar-refractivity contribution in [2.24, 2.45) is 0 Å². The lowest BCUT2D eigenvalue weighted by molar-refractivity contribution is -0.148. The number of carbonyl (C=O) groups is 3. The highest BCUT2D eigenvalue weighted by Crippen LogP contribution is 2.23. The van der Waals surface area contributed by atoms with Gasteiger partial charge in [0.1, 0.15) is 29.5 Å². The Labute approximate surface area is 184 Å². The molecule has 9 heteroatoms. The number of likely N-dealkylation sites (tertiary alicyclic amines) is 1. The number of ether oxygens (including phenoxy) is 2. The van der Waals surface area contributed by atoms with Crippen LogP contribution in [-0.4, -0.2) is 59.6 Å². The van der Waals surface area contributed by atoms with E-state index in [4.69, 9.17) is 9.47 Å². The minimum absolute atomic E-state index is 0.0635. The molecule has 1 fully saturated rings. The van der Waals surface area contributed by atoms with E-state index in [1.165, 1.54) is 29.2 Å². The van der Waals surface area contributed by atoms with Gasteiger partial charge in [0.05, 0.1) is 19.7 Å². The van der Waals surface area contributed by atoms with Gasteiger partial charge in [-0.2, -0.15) is 0 Å². The van der Waals surface area contributed by atoms with Crippen LogP contribution in [0.2, 0.25) is 0 Å². The number of halogens is 1. The summed E-state index contributed by atoms with van der Waals surface area (Å²) in [6.45, 7) is 0.125. The molecule has 1 heterocycles. The molecule has 0 saturated carbocycles. The normalized spacial score (nSPS) is 17.6. The van der Waals surface area contributed by atoms with E-state index in [2.05, 4.69) is 5.32 Å². The molecule has 0 aromatic heterocycles. The number of nitrogens with zero attached hydrogens (tertiary/aromatic N) is 1. The van der Waals surface area contributed by atoms with Crippen molar-refractivity contribution in [1.82, 2.24) is 10.2 Å². The van der Waals surface area contributed by atoms with Crippen molar-refractivity contribution in [1.29, 1.82) is 0 Å². The molecule has 8 nitrogen and oxygen atoms in total. The van der Waals surface area contributed by atoms with E-state index in [-0.39, 0.29) is 31.8 Å². The summed E-state index contributed by atoms with van der Waals surface area (Å²) < 4.78 is 24.2. The highest BCUT2D eigenvalue weighted by molar-refractivity contribution is 5.88. The van der Waals surface area contributed by atoms with E-state index in [0.29, 0.717) is 24.5 Å². The number of para-hydroxylation sites is 1. The average Bonchev–Trinajstić information content (AvgIpc) is 3.22. The summed E-state index contributed by atoms with van der Waals surface area (Å²) >= 11 is 0. The summed E-state index contributed by atoms with van der Waals surface area (Å²) in [5.41, 5.74) is 0. The number of hydrogen-bond acceptors (Lipinski definition) is 5. The number of rotatable bonds is 10. The third-order valence-electron chi connectivity index (χ3n) is 4.98. The molecule has 32 heavy (non-hydrogen) atoms. The quantitative estimate of drug-likeness (QED) is 0.545. The van der Waals surface area contributed by atoms with Gasteiger partial charge in [-0.25, -0.2) is 9.18 Å². The Morgan fingerprint density at radius 3 is 2.47 bits per heavy atom. The molecule has 0 unspecified atom stereocenters. The first-order chi connectivity index (χ1) is 15.4. The molecule has 3 rings (SSSR count). The molecule has 2 atom stereocenters. The van der Waals surface area contributed by atoms with Gasteiger partial charge in [-0.15, -0.1) is 0 Å². The van der Waals surface area contributed by atoms with Crippen LogP contribution in [-0.2, 0) is 14.4 Å². The molecule has 2 amide bonds. The molecule has 170 valence electrons. The third kappa shape index (κ3) is 6.69. The number of carbonyl (C=O) groups excluding carboxylic acids is 2. The number of benzene rings is 2. The van der Waals surface area contributed by atoms with Crippen molar-refractivity contribution in [2.75, 3.05) is 19.7 Å². The predicted octanol–water partition coefficient (Wildman–Crippen LogP) is 2.23. The first-order valence-electron chi connectivity index (χ1n) is 10.3. The van der Waals surface area contributed by atoms with Crippen molar-refractivity contribution in [3.63, 3.8) is 0 Å². The fourth-order valence-corrected chi connectivity index (χ4v) is 3.40. The number of carboxylic acids is 1. The molecule has 2 N–H and O–H groups in total. The second-order valence-electron chi connectivity index (χ2n) is 7.37. The van der Waals surface area contributed by atoms with Gasteiger partial charge in [0, 0.05) is 12.8 Å². The number of hydrogen-bond donors (Lipinski definition) is 2. The van der Waals surface area contributed by atoms with Crippen molar-refractivity contribution >= 4 is 17.8 Å². The molecule has 2 aromatic rings. The minimum atomic E-state index is -1.15. The summed E-state index contributed by atoms with van der Waals surface area (Å²) in [6, 6.07) is 13.5. The number of nitrogens with one attached hydrogen (secondary N) is 1. The number of carboxylic acid groups (broad SMARTS) is 1. The van der Waals surface area contributed by atoms with Crippen LogP contribution in [0, 0.1) is 5.82 Å². The summed E-state index contributed by atoms with van der Waals surface area (Å²) in [4.78, 5) is 37.3. The zero-order chi connectivity index (χ0) is 22.9. The molecule has 1 saturated heterocycles. The van der Waals surface area contributed by atoms with Gasteiger partial charge in [0.2, 0.25) is 11.8 Å². The third-order valence-corrected chi connectivity index (χ3v) is 4.98. The van der Waals surface area contributed by atoms with E-state index in [9.17, 15) is 23.9 Å². The zero-order valence-corrected chi connectivity index (χ0v) is 17.4. The zero-order valence-electron chi connectivity index (χ0n) is 17.4. The Kier molecular flexibility index (Phi) is 8.02. The standard InChI is InChI=1S/C23H25FN2O6/c24-16-8-10-18(11-9-16)32-19-13-20(23(29)30)26(15-19)22(28)14-25-21(27)7-4-12-31-17-5-2-1-3-6-17/h1-3,5-6,8-11,19-20H,4,7,12-15H2,(H,25,27)(H,29,30)/t19-,20+/m1/s1. The Bertz CT molecular complexity index is 922. The van der Waals surface area contributed by atoms with Crippen molar-refractivity contribution in [3.8, 4) is 11.5 Å². The molecule has 0 aliphatic carbocycles. The first-order valence-corrected chi connectivity index (χ1v) is 10.3. The lowest BCUT2D eigenvalue weighted by atomic mass is 10.2. The molecular formula is C23H25FN2O6. The van der Waals surface area contributed by atoms with Crippen molar-refractivity contribution < 1.29 is 33.4 Å². The summed E-state index contributed by atoms with van der Waals surface area (Å²) in [6.07, 6.45) is 0.211. The molecule has 0 spiro atoms. The highest BCUT2D eigenvalue weighted by atomic mass is 19.1. The molecular weight excluding hydrogens is 419 g/mol. The van der Waals surface area contributed by atoms with E-state index in [1.54, 1.807) is 0 Å². The van der Waals surface area contributed by atoms with Gasteiger partial charge >= 0.3 is 5.97 Å². The smallest absolute Gasteiger partial charge is 0.326 e. The van der Waals surface area contributed by atoms with Crippen molar-refractivity contribution in [3.05, 3.63) is 60.4 Å². The van der Waals surface area contributed by atoms with Gasteiger partial charge in [-0.1, -0.05) is 18.2 Å². The SMILES string of the molecule is O=C(CCCOc1ccccc1)NCC(=O)N1C[C@H](Oc2ccc(F)cc2)C[C@H]1C(=O)O. The molecule has 0 radical (unpaired) electrons. The summed E-state index contributed by atoms with van der Waals surface area (Å²) in [5, 5.41) is 12.0. The maximum Gasteiger partial charge on any atom is 0.326 e. The average molecular weight is 444 g/mol. The largest absolute Gasteiger partial charge is 0.494 e. The highest BCUT2D eigenvalue weighted by Gasteiger charge is 2.40. The van der Waals surface area contributed by atoms with E-state index in [1.807, 2.05) is 30.3 Å². The van der Waals surface area contributed by atoms with E-state index in [0.717, 1.165) is 0 Å². The topological polar surface area (TPSA) is 105 Å². The van der Waals surface area contributed by atoms with Crippen LogP contribution in [0.5, 0.6) is 11.5 Å². The molecule has 1 aliphatic heterocycles. The second-order valence-corrected chi connectivity index (χ2v) is 7.37. The van der Waals surface area contributed by atoms with Crippen molar-refractivity contribution in [2.45, 2.75) is 31.4 Å². The van der Waals surface area contributed by atoms with E-state index >= 15 is 0 Å².